The number of rotatable bonds is 5. The van der Waals surface area contributed by atoms with E-state index in [-0.39, 0.29) is 23.6 Å². The molecule has 3 rings (SSSR count). The minimum atomic E-state index is -0.722. The first-order valence-electron chi connectivity index (χ1n) is 7.61. The van der Waals surface area contributed by atoms with Gasteiger partial charge in [0.25, 0.3) is 11.6 Å². The smallest absolute Gasteiger partial charge is 0.286 e. The first kappa shape index (κ1) is 17.4. The third-order valence-corrected chi connectivity index (χ3v) is 4.39. The van der Waals surface area contributed by atoms with E-state index in [0.717, 1.165) is 0 Å². The highest BCUT2D eigenvalue weighted by Crippen LogP contribution is 2.18. The molecule has 1 amide bonds. The Kier molecular flexibility index (Phi) is 5.14. The average molecular weight is 367 g/mol. The van der Waals surface area contributed by atoms with Crippen LogP contribution in [-0.4, -0.2) is 21.2 Å². The molecule has 1 heterocycles. The van der Waals surface area contributed by atoms with Gasteiger partial charge in [-0.2, -0.15) is 4.99 Å². The maximum absolute atomic E-state index is 12.4. The fourth-order valence-corrected chi connectivity index (χ4v) is 3.06. The van der Waals surface area contributed by atoms with Crippen molar-refractivity contribution in [1.82, 2.24) is 4.57 Å². The van der Waals surface area contributed by atoms with Crippen molar-refractivity contribution in [1.29, 1.82) is 0 Å². The van der Waals surface area contributed by atoms with E-state index in [0.29, 0.717) is 10.4 Å². The fraction of sp³-hybridized carbons (Fsp3) is 0.0556. The van der Waals surface area contributed by atoms with Gasteiger partial charge in [0, 0.05) is 23.2 Å². The molecule has 0 aliphatic rings. The maximum atomic E-state index is 12.4. The van der Waals surface area contributed by atoms with Gasteiger partial charge in [0.2, 0.25) is 0 Å². The second-order valence-corrected chi connectivity index (χ2v) is 6.17. The molecule has 8 heteroatoms. The van der Waals surface area contributed by atoms with E-state index in [1.807, 2.05) is 6.07 Å². The lowest BCUT2D eigenvalue weighted by atomic mass is 10.1. The number of hydrogen-bond donors (Lipinski definition) is 0. The summed E-state index contributed by atoms with van der Waals surface area (Å²) < 4.78 is 1.55. The van der Waals surface area contributed by atoms with Gasteiger partial charge in [-0.25, -0.2) is 0 Å². The highest BCUT2D eigenvalue weighted by Gasteiger charge is 2.19. The molecule has 26 heavy (non-hydrogen) atoms. The third-order valence-electron chi connectivity index (χ3n) is 3.60. The number of carbonyl (C=O) groups excluding carboxylic acids is 2. The highest BCUT2D eigenvalue weighted by molar-refractivity contribution is 7.07. The number of hydrogen-bond acceptors (Lipinski definition) is 5. The Morgan fingerprint density at radius 2 is 1.77 bits per heavy atom. The molecular formula is C18H13N3O4S. The standard InChI is InChI=1S/C18H13N3O4S/c22-16(13-6-2-1-3-7-13)12-20-10-11-26-18(20)19-17(23)14-8-4-5-9-15(14)21(24)25/h1-11H,12H2. The molecule has 0 radical (unpaired) electrons. The Morgan fingerprint density at radius 1 is 1.08 bits per heavy atom. The predicted octanol–water partition coefficient (Wildman–Crippen LogP) is 3.08. The Hall–Kier alpha value is -3.39. The molecule has 0 N–H and O–H groups in total. The van der Waals surface area contributed by atoms with Crippen molar-refractivity contribution in [2.45, 2.75) is 6.54 Å². The van der Waals surface area contributed by atoms with Gasteiger partial charge in [-0.1, -0.05) is 42.5 Å². The second kappa shape index (κ2) is 7.66. The minimum absolute atomic E-state index is 0.0243. The first-order chi connectivity index (χ1) is 12.6. The van der Waals surface area contributed by atoms with Gasteiger partial charge >= 0.3 is 0 Å². The zero-order valence-electron chi connectivity index (χ0n) is 13.4. The van der Waals surface area contributed by atoms with Crippen LogP contribution in [0.15, 0.2) is 71.2 Å². The molecule has 0 fully saturated rings. The number of ketones is 1. The summed E-state index contributed by atoms with van der Waals surface area (Å²) in [4.78, 5) is 39.4. The molecule has 3 aromatic rings. The quantitative estimate of drug-likeness (QED) is 0.393. The van der Waals surface area contributed by atoms with Crippen LogP contribution in [-0.2, 0) is 6.54 Å². The Bertz CT molecular complexity index is 1040. The lowest BCUT2D eigenvalue weighted by molar-refractivity contribution is -0.385. The monoisotopic (exact) mass is 367 g/mol. The summed E-state index contributed by atoms with van der Waals surface area (Å²) in [6.45, 7) is 0.0243. The number of thiazole rings is 1. The van der Waals surface area contributed by atoms with Crippen molar-refractivity contribution >= 4 is 28.7 Å². The van der Waals surface area contributed by atoms with Gasteiger partial charge in [-0.3, -0.25) is 19.7 Å². The van der Waals surface area contributed by atoms with Crippen LogP contribution in [0.1, 0.15) is 20.7 Å². The SMILES string of the molecule is O=C(Cn1ccsc1=NC(=O)c1ccccc1[N+](=O)[O-])c1ccccc1. The van der Waals surface area contributed by atoms with E-state index in [4.69, 9.17) is 0 Å². The zero-order chi connectivity index (χ0) is 18.5. The van der Waals surface area contributed by atoms with Crippen LogP contribution in [0, 0.1) is 10.1 Å². The molecule has 0 unspecified atom stereocenters. The van der Waals surface area contributed by atoms with Crippen LogP contribution in [0.5, 0.6) is 0 Å². The van der Waals surface area contributed by atoms with Crippen LogP contribution in [0.4, 0.5) is 5.69 Å². The number of nitrogens with zero attached hydrogens (tertiary/aromatic N) is 3. The van der Waals surface area contributed by atoms with Gasteiger partial charge in [0.15, 0.2) is 10.6 Å². The van der Waals surface area contributed by atoms with Gasteiger partial charge in [-0.05, 0) is 6.07 Å². The summed E-state index contributed by atoms with van der Waals surface area (Å²) in [5.41, 5.74) is 0.165. The number of Topliss-reactive ketones (excluding diaryl/α,β-unsaturated/α-hetero) is 1. The molecule has 0 aliphatic carbocycles. The van der Waals surface area contributed by atoms with Crippen molar-refractivity contribution in [2.75, 3.05) is 0 Å². The Balaban J connectivity index is 1.90. The first-order valence-corrected chi connectivity index (χ1v) is 8.49. The number of nitro groups is 1. The summed E-state index contributed by atoms with van der Waals surface area (Å²) in [5.74, 6) is -0.843. The molecule has 1 aromatic heterocycles. The largest absolute Gasteiger partial charge is 0.316 e. The van der Waals surface area contributed by atoms with Crippen LogP contribution >= 0.6 is 11.3 Å². The summed E-state index contributed by atoms with van der Waals surface area (Å²) in [7, 11) is 0. The topological polar surface area (TPSA) is 94.6 Å². The fourth-order valence-electron chi connectivity index (χ4n) is 2.34. The third kappa shape index (κ3) is 3.81. The molecule has 0 spiro atoms. The summed E-state index contributed by atoms with van der Waals surface area (Å²) in [6.07, 6.45) is 1.65. The van der Waals surface area contributed by atoms with Crippen molar-refractivity contribution in [3.05, 3.63) is 92.2 Å². The lowest BCUT2D eigenvalue weighted by Gasteiger charge is -2.03. The minimum Gasteiger partial charge on any atom is -0.316 e. The van der Waals surface area contributed by atoms with Crippen LogP contribution in [0.25, 0.3) is 0 Å². The van der Waals surface area contributed by atoms with Gasteiger partial charge in [0.05, 0.1) is 11.5 Å². The summed E-state index contributed by atoms with van der Waals surface area (Å²) in [6, 6.07) is 14.4. The van der Waals surface area contributed by atoms with Crippen molar-refractivity contribution < 1.29 is 14.5 Å². The zero-order valence-corrected chi connectivity index (χ0v) is 14.3. The molecule has 130 valence electrons. The van der Waals surface area contributed by atoms with Crippen LogP contribution in [0.3, 0.4) is 0 Å². The van der Waals surface area contributed by atoms with E-state index in [1.54, 1.807) is 40.4 Å². The number of amides is 1. The number of carbonyl (C=O) groups is 2. The molecule has 0 saturated heterocycles. The van der Waals surface area contributed by atoms with Crippen molar-refractivity contribution in [3.8, 4) is 0 Å². The normalized spacial score (nSPS) is 11.3. The van der Waals surface area contributed by atoms with E-state index < -0.39 is 10.8 Å². The second-order valence-electron chi connectivity index (χ2n) is 5.29. The van der Waals surface area contributed by atoms with Gasteiger partial charge < -0.3 is 4.57 Å². The number of nitro benzene ring substituents is 1. The van der Waals surface area contributed by atoms with E-state index >= 15 is 0 Å². The number of aromatic nitrogens is 1. The number of benzene rings is 2. The lowest BCUT2D eigenvalue weighted by Crippen LogP contribution is -2.21. The summed E-state index contributed by atoms with van der Waals surface area (Å²) >= 11 is 1.18. The molecule has 2 aromatic carbocycles. The molecule has 7 nitrogen and oxygen atoms in total. The van der Waals surface area contributed by atoms with Crippen LogP contribution in [0.2, 0.25) is 0 Å². The Morgan fingerprint density at radius 3 is 2.50 bits per heavy atom. The maximum Gasteiger partial charge on any atom is 0.286 e. The van der Waals surface area contributed by atoms with Gasteiger partial charge in [-0.15, -0.1) is 11.3 Å². The van der Waals surface area contributed by atoms with E-state index in [2.05, 4.69) is 4.99 Å². The van der Waals surface area contributed by atoms with Crippen molar-refractivity contribution in [3.63, 3.8) is 0 Å². The van der Waals surface area contributed by atoms with Gasteiger partial charge in [0.1, 0.15) is 5.56 Å². The van der Waals surface area contributed by atoms with E-state index in [9.17, 15) is 19.7 Å². The van der Waals surface area contributed by atoms with E-state index in [1.165, 1.54) is 35.6 Å². The predicted molar refractivity (Wildman–Crippen MR) is 96.1 cm³/mol. The molecule has 0 aliphatic heterocycles. The molecule has 0 atom stereocenters. The molecule has 0 bridgehead atoms. The van der Waals surface area contributed by atoms with Crippen molar-refractivity contribution in [2.24, 2.45) is 4.99 Å². The molecular weight excluding hydrogens is 354 g/mol. The molecule has 0 saturated carbocycles. The van der Waals surface area contributed by atoms with Crippen LogP contribution < -0.4 is 4.80 Å². The summed E-state index contributed by atoms with van der Waals surface area (Å²) in [5, 5.41) is 12.8. The highest BCUT2D eigenvalue weighted by atomic mass is 32.1. The Labute approximate surface area is 152 Å². The number of para-hydroxylation sites is 1. The average Bonchev–Trinajstić information content (AvgIpc) is 3.09.